The van der Waals surface area contributed by atoms with E-state index in [2.05, 4.69) is 22.2 Å². The monoisotopic (exact) mass is 273 g/mol. The molecule has 1 aliphatic rings. The molecule has 1 heterocycles. The van der Waals surface area contributed by atoms with Crippen LogP contribution in [0.5, 0.6) is 0 Å². The van der Waals surface area contributed by atoms with Crippen LogP contribution >= 0.6 is 11.8 Å². The summed E-state index contributed by atoms with van der Waals surface area (Å²) in [5.74, 6) is 0.462. The first kappa shape index (κ1) is 14.8. The van der Waals surface area contributed by atoms with E-state index in [1.807, 2.05) is 6.92 Å². The number of unbranched alkanes of at least 4 members (excludes halogenated alkanes) is 1. The van der Waals surface area contributed by atoms with Crippen molar-refractivity contribution in [2.75, 3.05) is 19.3 Å². The molecule has 0 aromatic rings. The molecule has 102 valence electrons. The zero-order chi connectivity index (χ0) is 13.5. The van der Waals surface area contributed by atoms with Crippen LogP contribution in [-0.2, 0) is 9.63 Å². The highest BCUT2D eigenvalue weighted by molar-refractivity contribution is 8.14. The van der Waals surface area contributed by atoms with Gasteiger partial charge in [-0.25, -0.2) is 4.79 Å². The molecule has 0 bridgehead atoms. The van der Waals surface area contributed by atoms with Crippen molar-refractivity contribution in [2.45, 2.75) is 32.7 Å². The lowest BCUT2D eigenvalue weighted by molar-refractivity contribution is -0.129. The molecule has 0 aromatic carbocycles. The molecule has 0 radical (unpaired) electrons. The van der Waals surface area contributed by atoms with Gasteiger partial charge >= 0.3 is 6.09 Å². The lowest BCUT2D eigenvalue weighted by Crippen LogP contribution is -2.48. The number of thioether (sulfide) groups is 1. The summed E-state index contributed by atoms with van der Waals surface area (Å²) >= 11 is 1.32. The van der Waals surface area contributed by atoms with E-state index in [1.54, 1.807) is 4.90 Å². The van der Waals surface area contributed by atoms with Gasteiger partial charge in [0.15, 0.2) is 0 Å². The fourth-order valence-corrected chi connectivity index (χ4v) is 2.47. The number of oxime groups is 1. The Morgan fingerprint density at radius 1 is 1.67 bits per heavy atom. The third kappa shape index (κ3) is 3.90. The number of hydrogen-bond donors (Lipinski definition) is 1. The number of nitrogens with zero attached hydrogens (tertiary/aromatic N) is 2. The lowest BCUT2D eigenvalue weighted by atomic mass is 10.2. The molecule has 18 heavy (non-hydrogen) atoms. The fraction of sp³-hybridized carbons (Fsp3) is 0.727. The summed E-state index contributed by atoms with van der Waals surface area (Å²) in [4.78, 5) is 29.2. The van der Waals surface area contributed by atoms with Crippen LogP contribution in [0.1, 0.15) is 26.7 Å². The van der Waals surface area contributed by atoms with E-state index >= 15 is 0 Å². The molecule has 1 fully saturated rings. The molecule has 1 rings (SSSR count). The van der Waals surface area contributed by atoms with Crippen LogP contribution in [0.2, 0.25) is 0 Å². The maximum absolute atomic E-state index is 11.8. The van der Waals surface area contributed by atoms with Crippen molar-refractivity contribution in [1.29, 1.82) is 0 Å². The predicted molar refractivity (Wildman–Crippen MR) is 71.5 cm³/mol. The summed E-state index contributed by atoms with van der Waals surface area (Å²) in [5.41, 5.74) is 0. The lowest BCUT2D eigenvalue weighted by Gasteiger charge is -2.33. The zero-order valence-corrected chi connectivity index (χ0v) is 11.7. The van der Waals surface area contributed by atoms with Crippen LogP contribution in [-0.4, -0.2) is 47.3 Å². The second-order valence-electron chi connectivity index (χ2n) is 3.96. The molecule has 7 heteroatoms. The molecule has 1 N–H and O–H groups in total. The summed E-state index contributed by atoms with van der Waals surface area (Å²) in [5, 5.41) is 6.78. The van der Waals surface area contributed by atoms with Gasteiger partial charge in [-0.15, -0.1) is 0 Å². The van der Waals surface area contributed by atoms with Crippen molar-refractivity contribution >= 4 is 28.8 Å². The highest BCUT2D eigenvalue weighted by atomic mass is 32.2. The van der Waals surface area contributed by atoms with E-state index in [0.29, 0.717) is 10.8 Å². The maximum Gasteiger partial charge on any atom is 0.433 e. The van der Waals surface area contributed by atoms with Crippen LogP contribution < -0.4 is 5.32 Å². The van der Waals surface area contributed by atoms with Crippen molar-refractivity contribution in [3.05, 3.63) is 0 Å². The number of carbonyl (C=O) groups is 2. The molecular weight excluding hydrogens is 254 g/mol. The number of amides is 2. The minimum Gasteiger partial charge on any atom is -0.333 e. The SMILES string of the molecule is CCCCN1C(=O)CSC(=NOC(=O)NC)C1C. The molecular formula is C11H19N3O3S. The first-order valence-corrected chi connectivity index (χ1v) is 6.97. The highest BCUT2D eigenvalue weighted by Gasteiger charge is 2.30. The zero-order valence-electron chi connectivity index (χ0n) is 10.9. The predicted octanol–water partition coefficient (Wildman–Crippen LogP) is 1.42. The second kappa shape index (κ2) is 7.25. The van der Waals surface area contributed by atoms with Gasteiger partial charge in [0.2, 0.25) is 5.91 Å². The molecule has 2 amide bonds. The highest BCUT2D eigenvalue weighted by Crippen LogP contribution is 2.21. The van der Waals surface area contributed by atoms with E-state index in [1.165, 1.54) is 18.8 Å². The van der Waals surface area contributed by atoms with Gasteiger partial charge in [0.05, 0.1) is 11.8 Å². The molecule has 0 spiro atoms. The van der Waals surface area contributed by atoms with Gasteiger partial charge in [-0.3, -0.25) is 9.63 Å². The first-order chi connectivity index (χ1) is 8.60. The minimum atomic E-state index is -0.604. The Kier molecular flexibility index (Phi) is 5.97. The van der Waals surface area contributed by atoms with E-state index < -0.39 is 6.09 Å². The van der Waals surface area contributed by atoms with Gasteiger partial charge in [0.1, 0.15) is 5.04 Å². The Balaban J connectivity index is 2.65. The minimum absolute atomic E-state index is 0.111. The number of hydrogen-bond acceptors (Lipinski definition) is 5. The summed E-state index contributed by atoms with van der Waals surface area (Å²) in [7, 11) is 1.47. The summed E-state index contributed by atoms with van der Waals surface area (Å²) in [6, 6.07) is -0.132. The summed E-state index contributed by atoms with van der Waals surface area (Å²) in [6.07, 6.45) is 1.39. The van der Waals surface area contributed by atoms with Gasteiger partial charge in [-0.05, 0) is 13.3 Å². The van der Waals surface area contributed by atoms with Crippen LogP contribution in [0.3, 0.4) is 0 Å². The smallest absolute Gasteiger partial charge is 0.333 e. The normalized spacial score (nSPS) is 22.2. The average molecular weight is 273 g/mol. The van der Waals surface area contributed by atoms with Gasteiger partial charge in [-0.1, -0.05) is 30.3 Å². The Hall–Kier alpha value is -1.24. The molecule has 1 unspecified atom stereocenters. The van der Waals surface area contributed by atoms with Crippen LogP contribution in [0.25, 0.3) is 0 Å². The van der Waals surface area contributed by atoms with E-state index in [9.17, 15) is 9.59 Å². The Bertz CT molecular complexity index is 346. The summed E-state index contributed by atoms with van der Waals surface area (Å²) < 4.78 is 0. The third-order valence-electron chi connectivity index (χ3n) is 2.66. The summed E-state index contributed by atoms with van der Waals surface area (Å²) in [6.45, 7) is 4.69. The second-order valence-corrected chi connectivity index (χ2v) is 4.96. The van der Waals surface area contributed by atoms with Crippen molar-refractivity contribution in [3.8, 4) is 0 Å². The number of nitrogens with one attached hydrogen (secondary N) is 1. The topological polar surface area (TPSA) is 71.0 Å². The standard InChI is InChI=1S/C11H19N3O3S/c1-4-5-6-14-8(2)10(18-7-9(14)15)13-17-11(16)12-3/h8H,4-7H2,1-3H3,(H,12,16). The van der Waals surface area contributed by atoms with Crippen LogP contribution in [0, 0.1) is 0 Å². The number of carbonyl (C=O) groups excluding carboxylic acids is 2. The van der Waals surface area contributed by atoms with Crippen molar-refractivity contribution in [2.24, 2.45) is 5.16 Å². The molecule has 1 aliphatic heterocycles. The number of rotatable bonds is 4. The van der Waals surface area contributed by atoms with E-state index in [4.69, 9.17) is 0 Å². The largest absolute Gasteiger partial charge is 0.433 e. The van der Waals surface area contributed by atoms with E-state index in [0.717, 1.165) is 19.4 Å². The van der Waals surface area contributed by atoms with Gasteiger partial charge in [0.25, 0.3) is 0 Å². The van der Waals surface area contributed by atoms with Crippen LogP contribution in [0.15, 0.2) is 5.16 Å². The quantitative estimate of drug-likeness (QED) is 0.621. The van der Waals surface area contributed by atoms with Gasteiger partial charge in [0, 0.05) is 13.6 Å². The molecule has 6 nitrogen and oxygen atoms in total. The Morgan fingerprint density at radius 2 is 2.39 bits per heavy atom. The Morgan fingerprint density at radius 3 is 3.00 bits per heavy atom. The van der Waals surface area contributed by atoms with E-state index in [-0.39, 0.29) is 11.9 Å². The molecule has 0 aliphatic carbocycles. The Labute approximate surface area is 111 Å². The maximum atomic E-state index is 11.8. The molecule has 1 atom stereocenters. The van der Waals surface area contributed by atoms with Crippen molar-refractivity contribution < 1.29 is 14.4 Å². The molecule has 0 saturated carbocycles. The van der Waals surface area contributed by atoms with Crippen molar-refractivity contribution in [3.63, 3.8) is 0 Å². The average Bonchev–Trinajstić information content (AvgIpc) is 2.37. The molecule has 0 aromatic heterocycles. The van der Waals surface area contributed by atoms with Gasteiger partial charge in [-0.2, -0.15) is 0 Å². The van der Waals surface area contributed by atoms with Crippen LogP contribution in [0.4, 0.5) is 4.79 Å². The van der Waals surface area contributed by atoms with Crippen molar-refractivity contribution in [1.82, 2.24) is 10.2 Å². The molecule has 1 saturated heterocycles. The fourth-order valence-electron chi connectivity index (χ4n) is 1.57. The third-order valence-corrected chi connectivity index (χ3v) is 3.77. The first-order valence-electron chi connectivity index (χ1n) is 5.99. The van der Waals surface area contributed by atoms with Gasteiger partial charge < -0.3 is 10.2 Å².